The Bertz CT molecular complexity index is 400. The summed E-state index contributed by atoms with van der Waals surface area (Å²) < 4.78 is 0. The van der Waals surface area contributed by atoms with Crippen molar-refractivity contribution in [2.45, 2.75) is 24.8 Å². The number of aliphatic carboxylic acids is 1. The molecular weight excluding hydrogens is 216 g/mol. The molecule has 4 heteroatoms. The van der Waals surface area contributed by atoms with Crippen molar-refractivity contribution in [3.63, 3.8) is 0 Å². The monoisotopic (exact) mass is 234 g/mol. The first-order valence-electron chi connectivity index (χ1n) is 5.95. The molecule has 17 heavy (non-hydrogen) atoms. The average molecular weight is 234 g/mol. The molecule has 1 aliphatic heterocycles. The van der Waals surface area contributed by atoms with Gasteiger partial charge in [-0.25, -0.2) is 0 Å². The fraction of sp³-hybridized carbons (Fsp3) is 0.462. The van der Waals surface area contributed by atoms with Crippen LogP contribution in [0.2, 0.25) is 0 Å². The fourth-order valence-electron chi connectivity index (χ4n) is 2.25. The molecule has 0 aromatic heterocycles. The Morgan fingerprint density at radius 3 is 3.06 bits per heavy atom. The third kappa shape index (κ3) is 3.05. The van der Waals surface area contributed by atoms with E-state index in [4.69, 9.17) is 10.8 Å². The topological polar surface area (TPSA) is 75.3 Å². The number of hydrogen-bond donors (Lipinski definition) is 3. The van der Waals surface area contributed by atoms with Gasteiger partial charge in [-0.2, -0.15) is 0 Å². The van der Waals surface area contributed by atoms with E-state index in [9.17, 15) is 4.79 Å². The fourth-order valence-corrected chi connectivity index (χ4v) is 2.25. The van der Waals surface area contributed by atoms with E-state index in [1.165, 1.54) is 5.56 Å². The third-order valence-electron chi connectivity index (χ3n) is 3.26. The Morgan fingerprint density at radius 2 is 2.41 bits per heavy atom. The summed E-state index contributed by atoms with van der Waals surface area (Å²) in [6, 6.07) is 7.30. The molecule has 1 saturated heterocycles. The summed E-state index contributed by atoms with van der Waals surface area (Å²) in [5.41, 5.74) is 7.83. The van der Waals surface area contributed by atoms with Gasteiger partial charge in [-0.3, -0.25) is 4.79 Å². The van der Waals surface area contributed by atoms with Crippen LogP contribution in [0.3, 0.4) is 0 Å². The molecule has 2 rings (SSSR count). The quantitative estimate of drug-likeness (QED) is 0.717. The highest BCUT2D eigenvalue weighted by molar-refractivity contribution is 5.73. The Morgan fingerprint density at radius 1 is 1.59 bits per heavy atom. The summed E-state index contributed by atoms with van der Waals surface area (Å²) in [6.07, 6.45) is 1.54. The molecule has 92 valence electrons. The van der Waals surface area contributed by atoms with E-state index in [-0.39, 0.29) is 0 Å². The number of carbonyl (C=O) groups is 1. The number of carboxylic acid groups (broad SMARTS) is 1. The van der Waals surface area contributed by atoms with Gasteiger partial charge in [-0.1, -0.05) is 24.3 Å². The van der Waals surface area contributed by atoms with Crippen LogP contribution >= 0.6 is 0 Å². The molecule has 4 N–H and O–H groups in total. The van der Waals surface area contributed by atoms with Crippen LogP contribution < -0.4 is 11.1 Å². The normalized spacial score (nSPS) is 21.4. The number of nitrogens with one attached hydrogen (secondary N) is 1. The number of benzene rings is 1. The van der Waals surface area contributed by atoms with Gasteiger partial charge in [0.15, 0.2) is 0 Å². The first-order valence-corrected chi connectivity index (χ1v) is 5.95. The van der Waals surface area contributed by atoms with Gasteiger partial charge in [-0.15, -0.1) is 0 Å². The van der Waals surface area contributed by atoms with E-state index in [0.717, 1.165) is 25.1 Å². The van der Waals surface area contributed by atoms with Gasteiger partial charge >= 0.3 is 5.97 Å². The third-order valence-corrected chi connectivity index (χ3v) is 3.26. The van der Waals surface area contributed by atoms with Crippen molar-refractivity contribution in [1.29, 1.82) is 0 Å². The van der Waals surface area contributed by atoms with E-state index < -0.39 is 12.0 Å². The van der Waals surface area contributed by atoms with E-state index in [2.05, 4.69) is 17.4 Å². The Hall–Kier alpha value is -1.39. The molecule has 0 amide bonds. The van der Waals surface area contributed by atoms with E-state index in [1.807, 2.05) is 12.1 Å². The second kappa shape index (κ2) is 5.29. The summed E-state index contributed by atoms with van der Waals surface area (Å²) in [5, 5.41) is 12.1. The Kier molecular flexibility index (Phi) is 3.76. The molecule has 1 fully saturated rings. The second-order valence-corrected chi connectivity index (χ2v) is 4.58. The predicted molar refractivity (Wildman–Crippen MR) is 66.0 cm³/mol. The molecule has 4 nitrogen and oxygen atoms in total. The second-order valence-electron chi connectivity index (χ2n) is 4.58. The van der Waals surface area contributed by atoms with E-state index >= 15 is 0 Å². The first-order chi connectivity index (χ1) is 8.16. The zero-order valence-corrected chi connectivity index (χ0v) is 9.73. The highest BCUT2D eigenvalue weighted by Gasteiger charge is 2.17. The summed E-state index contributed by atoms with van der Waals surface area (Å²) in [4.78, 5) is 10.7. The zero-order chi connectivity index (χ0) is 12.3. The van der Waals surface area contributed by atoms with Crippen molar-refractivity contribution in [2.75, 3.05) is 13.1 Å². The highest BCUT2D eigenvalue weighted by atomic mass is 16.4. The van der Waals surface area contributed by atoms with Gasteiger partial charge in [0, 0.05) is 6.54 Å². The minimum atomic E-state index is -0.946. The maximum absolute atomic E-state index is 10.7. The van der Waals surface area contributed by atoms with E-state index in [0.29, 0.717) is 12.3 Å². The van der Waals surface area contributed by atoms with Crippen LogP contribution in [0.25, 0.3) is 0 Å². The van der Waals surface area contributed by atoms with Crippen LogP contribution in [-0.2, 0) is 11.2 Å². The van der Waals surface area contributed by atoms with Gasteiger partial charge < -0.3 is 16.2 Å². The van der Waals surface area contributed by atoms with Crippen molar-refractivity contribution >= 4 is 5.97 Å². The molecule has 2 unspecified atom stereocenters. The number of hydrogen-bond acceptors (Lipinski definition) is 3. The standard InChI is InChI=1S/C13H18N2O2/c14-12(13(16)17)7-9-2-1-3-10(6-9)11-4-5-15-8-11/h1-3,6,11-12,15H,4-5,7-8,14H2,(H,16,17). The summed E-state index contributed by atoms with van der Waals surface area (Å²) in [5.74, 6) is -0.395. The van der Waals surface area contributed by atoms with E-state index in [1.54, 1.807) is 0 Å². The molecule has 1 aromatic rings. The lowest BCUT2D eigenvalue weighted by Gasteiger charge is -2.12. The van der Waals surface area contributed by atoms with Crippen molar-refractivity contribution in [1.82, 2.24) is 5.32 Å². The molecule has 1 heterocycles. The van der Waals surface area contributed by atoms with Gasteiger partial charge in [-0.05, 0) is 36.4 Å². The maximum Gasteiger partial charge on any atom is 0.320 e. The van der Waals surface area contributed by atoms with Crippen molar-refractivity contribution in [2.24, 2.45) is 5.73 Å². The molecule has 0 radical (unpaired) electrons. The first kappa shape index (κ1) is 12.1. The number of rotatable bonds is 4. The largest absolute Gasteiger partial charge is 0.480 e. The van der Waals surface area contributed by atoms with Gasteiger partial charge in [0.05, 0.1) is 0 Å². The van der Waals surface area contributed by atoms with Gasteiger partial charge in [0.2, 0.25) is 0 Å². The van der Waals surface area contributed by atoms with Crippen molar-refractivity contribution in [3.8, 4) is 0 Å². The highest BCUT2D eigenvalue weighted by Crippen LogP contribution is 2.23. The van der Waals surface area contributed by atoms with Crippen LogP contribution in [0, 0.1) is 0 Å². The number of nitrogens with two attached hydrogens (primary N) is 1. The molecule has 0 bridgehead atoms. The maximum atomic E-state index is 10.7. The van der Waals surface area contributed by atoms with Crippen LogP contribution in [0.1, 0.15) is 23.5 Å². The lowest BCUT2D eigenvalue weighted by atomic mass is 9.95. The minimum absolute atomic E-state index is 0.392. The molecule has 0 spiro atoms. The smallest absolute Gasteiger partial charge is 0.320 e. The number of carboxylic acids is 1. The Balaban J connectivity index is 2.08. The van der Waals surface area contributed by atoms with Crippen molar-refractivity contribution < 1.29 is 9.90 Å². The lowest BCUT2D eigenvalue weighted by molar-refractivity contribution is -0.138. The molecule has 0 aliphatic carbocycles. The summed E-state index contributed by atoms with van der Waals surface area (Å²) in [6.45, 7) is 2.07. The van der Waals surface area contributed by atoms with Crippen LogP contribution in [0.4, 0.5) is 0 Å². The van der Waals surface area contributed by atoms with Gasteiger partial charge in [0.1, 0.15) is 6.04 Å². The van der Waals surface area contributed by atoms with Gasteiger partial charge in [0.25, 0.3) is 0 Å². The molecule has 2 atom stereocenters. The SMILES string of the molecule is NC(Cc1cccc(C2CCNC2)c1)C(=O)O. The Labute approximate surface area is 101 Å². The lowest BCUT2D eigenvalue weighted by Crippen LogP contribution is -2.32. The van der Waals surface area contributed by atoms with Crippen LogP contribution in [0.5, 0.6) is 0 Å². The minimum Gasteiger partial charge on any atom is -0.480 e. The van der Waals surface area contributed by atoms with Crippen LogP contribution in [-0.4, -0.2) is 30.2 Å². The average Bonchev–Trinajstić information content (AvgIpc) is 2.82. The molecule has 1 aromatic carbocycles. The summed E-state index contributed by atoms with van der Waals surface area (Å²) in [7, 11) is 0. The summed E-state index contributed by atoms with van der Waals surface area (Å²) >= 11 is 0. The zero-order valence-electron chi connectivity index (χ0n) is 9.73. The predicted octanol–water partition coefficient (Wildman–Crippen LogP) is 0.718. The molecule has 0 saturated carbocycles. The molecule has 1 aliphatic rings. The van der Waals surface area contributed by atoms with Crippen LogP contribution in [0.15, 0.2) is 24.3 Å². The molecular formula is C13H18N2O2. The van der Waals surface area contributed by atoms with Crippen molar-refractivity contribution in [3.05, 3.63) is 35.4 Å².